The Morgan fingerprint density at radius 2 is 1.31 bits per heavy atom. The molecule has 1 aliphatic heterocycles. The molecule has 0 aliphatic carbocycles. The molecule has 332 valence electrons. The largest absolute Gasteiger partial charge is 0.489 e. The van der Waals surface area contributed by atoms with Crippen LogP contribution in [0, 0.1) is 0 Å². The lowest BCUT2D eigenvalue weighted by Gasteiger charge is -2.42. The van der Waals surface area contributed by atoms with Gasteiger partial charge in [-0.15, -0.1) is 0 Å². The van der Waals surface area contributed by atoms with E-state index in [-0.39, 0.29) is 24.8 Å². The predicted molar refractivity (Wildman–Crippen MR) is 240 cm³/mol. The Bertz CT molecular complexity index is 2050. The third-order valence-electron chi connectivity index (χ3n) is 11.8. The Kier molecular flexibility index (Phi) is 16.9. The van der Waals surface area contributed by atoms with Gasteiger partial charge in [-0.3, -0.25) is 14.5 Å². The van der Waals surface area contributed by atoms with Crippen LogP contribution >= 0.6 is 0 Å². The smallest absolute Gasteiger partial charge is 0.410 e. The summed E-state index contributed by atoms with van der Waals surface area (Å²) in [6.07, 6.45) is -0.834. The summed E-state index contributed by atoms with van der Waals surface area (Å²) < 4.78 is 30.4. The number of carbonyl (C=O) groups is 4. The number of ether oxygens (including phenoxy) is 4. The lowest BCUT2D eigenvalue weighted by Crippen LogP contribution is -2.62. The Hall–Kier alpha value is -5.50. The minimum absolute atomic E-state index is 0.00946. The molecule has 0 unspecified atom stereocenters. The van der Waals surface area contributed by atoms with E-state index in [9.17, 15) is 14.4 Å². The number of hydrogen-bond donors (Lipinski definition) is 1. The van der Waals surface area contributed by atoms with E-state index in [0.717, 1.165) is 16.7 Å². The molecule has 12 nitrogen and oxygen atoms in total. The number of esters is 1. The second-order valence-electron chi connectivity index (χ2n) is 17.3. The van der Waals surface area contributed by atoms with E-state index in [2.05, 4.69) is 39.2 Å². The van der Waals surface area contributed by atoms with Crippen LogP contribution in [-0.4, -0.2) is 86.9 Å². The first-order chi connectivity index (χ1) is 29.6. The van der Waals surface area contributed by atoms with Crippen LogP contribution in [0.5, 0.6) is 5.75 Å². The van der Waals surface area contributed by atoms with Crippen molar-refractivity contribution in [3.05, 3.63) is 138 Å². The fourth-order valence-electron chi connectivity index (χ4n) is 7.25. The van der Waals surface area contributed by atoms with Crippen molar-refractivity contribution in [1.29, 1.82) is 0 Å². The fraction of sp³-hybridized carbons (Fsp3) is 0.429. The lowest BCUT2D eigenvalue weighted by molar-refractivity contribution is -0.160. The number of methoxy groups -OCH3 is 1. The number of benzene rings is 4. The first-order valence-electron chi connectivity index (χ1n) is 21.3. The van der Waals surface area contributed by atoms with Crippen LogP contribution in [-0.2, 0) is 52.8 Å². The highest BCUT2D eigenvalue weighted by Crippen LogP contribution is 2.38. The molecule has 0 spiro atoms. The highest BCUT2D eigenvalue weighted by atomic mass is 28.4. The maximum Gasteiger partial charge on any atom is 0.410 e. The summed E-state index contributed by atoms with van der Waals surface area (Å²) in [7, 11) is 0.447. The summed E-state index contributed by atoms with van der Waals surface area (Å²) in [5.41, 5.74) is 3.19. The SMILES string of the molecule is CO[C@H](c1ccc(OCc2ccccc2)cc1)[C@@H](NC(=O)[C@H]([C@@H](C)O[Si](C)(C)C(C)(C)C)N(C)C(=O)OCc1ccccc1)C(=O)N1CCCC[C@H]1C(=O)OCc1ccccc1. The van der Waals surface area contributed by atoms with Gasteiger partial charge in [0, 0.05) is 20.7 Å². The van der Waals surface area contributed by atoms with Crippen molar-refractivity contribution in [2.45, 2.75) is 115 Å². The van der Waals surface area contributed by atoms with Crippen LogP contribution in [0.1, 0.15) is 75.3 Å². The molecule has 3 amide bonds. The molecule has 1 N–H and O–H groups in total. The Balaban J connectivity index is 1.48. The number of hydrogen-bond acceptors (Lipinski definition) is 9. The molecule has 0 aromatic heterocycles. The van der Waals surface area contributed by atoms with E-state index < -0.39 is 62.5 Å². The van der Waals surface area contributed by atoms with E-state index in [1.165, 1.54) is 24.0 Å². The maximum absolute atomic E-state index is 15.1. The summed E-state index contributed by atoms with van der Waals surface area (Å²) in [4.78, 5) is 60.3. The molecule has 1 saturated heterocycles. The molecular weight excluding hydrogens is 803 g/mol. The standard InChI is InChI=1S/C49H63N3O9Si/c1-35(61-62(7,8)49(2,3)4)43(51(5)48(56)60-34-38-24-16-11-17-25-38)45(53)50-42(44(57-6)39-27-29-40(30-28-39)58-32-36-20-12-9-13-21-36)46(54)52-31-19-18-26-41(52)47(55)59-33-37-22-14-10-15-23-37/h9-17,20-25,27-30,35,41-44H,18-19,26,31-34H2,1-8H3,(H,50,53)/t35-,41+,42-,43+,44-/m1/s1. The molecule has 1 fully saturated rings. The van der Waals surface area contributed by atoms with Gasteiger partial charge in [0.05, 0.1) is 6.10 Å². The van der Waals surface area contributed by atoms with Crippen LogP contribution in [0.4, 0.5) is 4.79 Å². The van der Waals surface area contributed by atoms with E-state index in [0.29, 0.717) is 37.2 Å². The quantitative estimate of drug-likeness (QED) is 0.0772. The van der Waals surface area contributed by atoms with E-state index in [1.807, 2.05) is 91.0 Å². The van der Waals surface area contributed by atoms with Gasteiger partial charge in [0.2, 0.25) is 11.8 Å². The molecule has 4 aromatic rings. The highest BCUT2D eigenvalue weighted by Gasteiger charge is 2.46. The summed E-state index contributed by atoms with van der Waals surface area (Å²) in [6, 6.07) is 32.1. The zero-order valence-corrected chi connectivity index (χ0v) is 38.4. The molecule has 4 aromatic carbocycles. The predicted octanol–water partition coefficient (Wildman–Crippen LogP) is 8.61. The molecule has 1 heterocycles. The van der Waals surface area contributed by atoms with Crippen LogP contribution < -0.4 is 10.1 Å². The fourth-order valence-corrected chi connectivity index (χ4v) is 8.67. The highest BCUT2D eigenvalue weighted by molar-refractivity contribution is 6.74. The lowest BCUT2D eigenvalue weighted by atomic mass is 9.96. The third-order valence-corrected chi connectivity index (χ3v) is 16.3. The number of rotatable bonds is 18. The van der Waals surface area contributed by atoms with Gasteiger partial charge in [0.25, 0.3) is 0 Å². The topological polar surface area (TPSA) is 133 Å². The summed E-state index contributed by atoms with van der Waals surface area (Å²) >= 11 is 0. The van der Waals surface area contributed by atoms with Crippen LogP contribution in [0.2, 0.25) is 18.1 Å². The number of likely N-dealkylation sites (N-methyl/N-ethyl adjacent to an activating group) is 1. The molecule has 62 heavy (non-hydrogen) atoms. The molecule has 5 rings (SSSR count). The number of nitrogens with one attached hydrogen (secondary N) is 1. The molecular formula is C49H63N3O9Si. The number of likely N-dealkylation sites (tertiary alicyclic amines) is 1. The number of piperidine rings is 1. The van der Waals surface area contributed by atoms with Gasteiger partial charge in [-0.25, -0.2) is 9.59 Å². The van der Waals surface area contributed by atoms with E-state index in [1.54, 1.807) is 31.2 Å². The van der Waals surface area contributed by atoms with Crippen molar-refractivity contribution in [2.24, 2.45) is 0 Å². The van der Waals surface area contributed by atoms with Gasteiger partial charge in [-0.05, 0) is 78.7 Å². The summed E-state index contributed by atoms with van der Waals surface area (Å²) in [5.74, 6) is -1.11. The number of carbonyl (C=O) groups excluding carboxylic acids is 4. The van der Waals surface area contributed by atoms with Gasteiger partial charge >= 0.3 is 12.1 Å². The second-order valence-corrected chi connectivity index (χ2v) is 22.1. The van der Waals surface area contributed by atoms with Gasteiger partial charge in [0.15, 0.2) is 8.32 Å². The minimum atomic E-state index is -2.51. The first kappa shape index (κ1) is 47.5. The summed E-state index contributed by atoms with van der Waals surface area (Å²) in [5, 5.41) is 2.79. The first-order valence-corrected chi connectivity index (χ1v) is 24.2. The average molecular weight is 866 g/mol. The molecule has 1 aliphatic rings. The van der Waals surface area contributed by atoms with Gasteiger partial charge in [-0.2, -0.15) is 0 Å². The van der Waals surface area contributed by atoms with Crippen molar-refractivity contribution in [1.82, 2.24) is 15.1 Å². The molecule has 0 bridgehead atoms. The molecule has 13 heteroatoms. The van der Waals surface area contributed by atoms with Gasteiger partial charge in [-0.1, -0.05) is 124 Å². The van der Waals surface area contributed by atoms with Crippen molar-refractivity contribution >= 4 is 32.2 Å². The normalized spacial score (nSPS) is 16.3. The minimum Gasteiger partial charge on any atom is -0.489 e. The Labute approximate surface area is 368 Å². The van der Waals surface area contributed by atoms with Gasteiger partial charge in [0.1, 0.15) is 49.8 Å². The molecule has 0 radical (unpaired) electrons. The Morgan fingerprint density at radius 1 is 0.774 bits per heavy atom. The van der Waals surface area contributed by atoms with Crippen LogP contribution in [0.3, 0.4) is 0 Å². The zero-order valence-electron chi connectivity index (χ0n) is 37.4. The van der Waals surface area contributed by atoms with E-state index >= 15 is 4.79 Å². The third kappa shape index (κ3) is 12.8. The van der Waals surface area contributed by atoms with Crippen molar-refractivity contribution in [3.63, 3.8) is 0 Å². The van der Waals surface area contributed by atoms with Crippen molar-refractivity contribution in [2.75, 3.05) is 20.7 Å². The number of amides is 3. The molecule has 5 atom stereocenters. The van der Waals surface area contributed by atoms with Crippen LogP contribution in [0.15, 0.2) is 115 Å². The average Bonchev–Trinajstić information content (AvgIpc) is 3.27. The maximum atomic E-state index is 15.1. The zero-order chi connectivity index (χ0) is 44.9. The Morgan fingerprint density at radius 3 is 1.84 bits per heavy atom. The molecule has 0 saturated carbocycles. The number of nitrogens with zero attached hydrogens (tertiary/aromatic N) is 2. The van der Waals surface area contributed by atoms with Crippen molar-refractivity contribution in [3.8, 4) is 5.75 Å². The monoisotopic (exact) mass is 865 g/mol. The van der Waals surface area contributed by atoms with E-state index in [4.69, 9.17) is 23.4 Å². The van der Waals surface area contributed by atoms with Crippen molar-refractivity contribution < 1.29 is 42.6 Å². The summed E-state index contributed by atoms with van der Waals surface area (Å²) in [6.45, 7) is 12.8. The van der Waals surface area contributed by atoms with Crippen LogP contribution in [0.25, 0.3) is 0 Å². The van der Waals surface area contributed by atoms with Gasteiger partial charge < -0.3 is 33.6 Å². The second kappa shape index (κ2) is 22.0.